The third-order valence-corrected chi connectivity index (χ3v) is 3.44. The first-order chi connectivity index (χ1) is 6.54. The van der Waals surface area contributed by atoms with E-state index in [1.54, 1.807) is 0 Å². The molecule has 14 heavy (non-hydrogen) atoms. The molecule has 1 rings (SSSR count). The van der Waals surface area contributed by atoms with Gasteiger partial charge in [0.15, 0.2) is 0 Å². The Bertz CT molecular complexity index is 321. The maximum absolute atomic E-state index is 3.75. The van der Waals surface area contributed by atoms with Crippen LogP contribution in [-0.2, 0) is 0 Å². The quantitative estimate of drug-likeness (QED) is 0.802. The average Bonchev–Trinajstić information content (AvgIpc) is 2.14. The van der Waals surface area contributed by atoms with E-state index in [1.165, 1.54) is 15.6 Å². The number of hydrogen-bond donors (Lipinski definition) is 1. The van der Waals surface area contributed by atoms with E-state index in [0.29, 0.717) is 6.04 Å². The molecule has 0 aliphatic heterocycles. The number of benzene rings is 1. The van der Waals surface area contributed by atoms with Crippen molar-refractivity contribution in [1.82, 2.24) is 0 Å². The minimum atomic E-state index is 0.301. The van der Waals surface area contributed by atoms with Crippen LogP contribution in [0.15, 0.2) is 29.3 Å². The molecule has 1 unspecified atom stereocenters. The van der Waals surface area contributed by atoms with Gasteiger partial charge in [-0.05, 0) is 44.0 Å². The highest BCUT2D eigenvalue weighted by Gasteiger charge is 2.03. The van der Waals surface area contributed by atoms with Crippen molar-refractivity contribution >= 4 is 21.6 Å². The fraction of sp³-hybridized carbons (Fsp3) is 0.333. The number of hydrogen-bond acceptors (Lipinski definition) is 1. The van der Waals surface area contributed by atoms with Crippen LogP contribution >= 0.6 is 15.9 Å². The van der Waals surface area contributed by atoms with E-state index in [1.807, 2.05) is 6.08 Å². The predicted molar refractivity (Wildman–Crippen MR) is 66.9 cm³/mol. The van der Waals surface area contributed by atoms with E-state index in [2.05, 4.69) is 60.7 Å². The molecule has 0 heterocycles. The first kappa shape index (κ1) is 11.3. The first-order valence-corrected chi connectivity index (χ1v) is 5.49. The van der Waals surface area contributed by atoms with E-state index in [-0.39, 0.29) is 0 Å². The van der Waals surface area contributed by atoms with E-state index in [0.717, 1.165) is 5.69 Å². The molecule has 2 heteroatoms. The molecular weight excluding hydrogens is 238 g/mol. The summed E-state index contributed by atoms with van der Waals surface area (Å²) in [6.45, 7) is 10.0. The molecule has 0 bridgehead atoms. The molecule has 0 fully saturated rings. The number of nitrogens with one attached hydrogen (secondary N) is 1. The lowest BCUT2D eigenvalue weighted by atomic mass is 10.1. The number of aryl methyl sites for hydroxylation is 2. The summed E-state index contributed by atoms with van der Waals surface area (Å²) in [4.78, 5) is 0. The predicted octanol–water partition coefficient (Wildman–Crippen LogP) is 4.05. The molecule has 1 aromatic carbocycles. The Hall–Kier alpha value is -0.760. The molecule has 1 aromatic rings. The normalized spacial score (nSPS) is 12.3. The van der Waals surface area contributed by atoms with Crippen LogP contribution in [0.4, 0.5) is 5.69 Å². The summed E-state index contributed by atoms with van der Waals surface area (Å²) in [6.07, 6.45) is 1.90. The van der Waals surface area contributed by atoms with Crippen LogP contribution in [0.25, 0.3) is 0 Å². The van der Waals surface area contributed by atoms with Crippen molar-refractivity contribution in [2.75, 3.05) is 5.32 Å². The average molecular weight is 254 g/mol. The van der Waals surface area contributed by atoms with Gasteiger partial charge < -0.3 is 5.32 Å². The van der Waals surface area contributed by atoms with Crippen LogP contribution < -0.4 is 5.32 Å². The van der Waals surface area contributed by atoms with Gasteiger partial charge >= 0.3 is 0 Å². The molecule has 0 amide bonds. The third-order valence-electron chi connectivity index (χ3n) is 2.18. The van der Waals surface area contributed by atoms with Crippen LogP contribution in [-0.4, -0.2) is 6.04 Å². The molecule has 1 atom stereocenters. The third kappa shape index (κ3) is 2.61. The molecule has 0 spiro atoms. The van der Waals surface area contributed by atoms with Crippen molar-refractivity contribution in [3.63, 3.8) is 0 Å². The Morgan fingerprint density at radius 2 is 1.86 bits per heavy atom. The monoisotopic (exact) mass is 253 g/mol. The Morgan fingerprint density at radius 3 is 2.29 bits per heavy atom. The minimum Gasteiger partial charge on any atom is -0.379 e. The highest BCUT2D eigenvalue weighted by atomic mass is 79.9. The fourth-order valence-corrected chi connectivity index (χ4v) is 1.58. The Balaban J connectivity index is 2.95. The highest BCUT2D eigenvalue weighted by Crippen LogP contribution is 2.25. The summed E-state index contributed by atoms with van der Waals surface area (Å²) in [6, 6.07) is 4.57. The number of rotatable bonds is 3. The van der Waals surface area contributed by atoms with Crippen molar-refractivity contribution in [3.05, 3.63) is 40.4 Å². The van der Waals surface area contributed by atoms with Gasteiger partial charge in [0, 0.05) is 16.2 Å². The molecule has 0 aliphatic rings. The molecule has 1 nitrogen and oxygen atoms in total. The molecule has 0 aliphatic carbocycles. The second-order valence-electron chi connectivity index (χ2n) is 3.59. The summed E-state index contributed by atoms with van der Waals surface area (Å²) >= 11 is 3.55. The van der Waals surface area contributed by atoms with Crippen LogP contribution in [0.2, 0.25) is 0 Å². The maximum atomic E-state index is 3.75. The van der Waals surface area contributed by atoms with E-state index in [4.69, 9.17) is 0 Å². The summed E-state index contributed by atoms with van der Waals surface area (Å²) in [5.74, 6) is 0. The van der Waals surface area contributed by atoms with Gasteiger partial charge in [-0.1, -0.05) is 22.0 Å². The highest BCUT2D eigenvalue weighted by molar-refractivity contribution is 9.10. The van der Waals surface area contributed by atoms with Gasteiger partial charge in [0.1, 0.15) is 0 Å². The molecule has 76 valence electrons. The van der Waals surface area contributed by atoms with Gasteiger partial charge in [-0.25, -0.2) is 0 Å². The maximum Gasteiger partial charge on any atom is 0.0413 e. The Kier molecular flexibility index (Phi) is 3.76. The Morgan fingerprint density at radius 1 is 1.36 bits per heavy atom. The summed E-state index contributed by atoms with van der Waals surface area (Å²) < 4.78 is 1.19. The zero-order chi connectivity index (χ0) is 10.7. The molecule has 1 N–H and O–H groups in total. The van der Waals surface area contributed by atoms with Crippen LogP contribution in [0.3, 0.4) is 0 Å². The number of halogens is 1. The number of anilines is 1. The zero-order valence-electron chi connectivity index (χ0n) is 8.89. The summed E-state index contributed by atoms with van der Waals surface area (Å²) in [7, 11) is 0. The lowest BCUT2D eigenvalue weighted by Crippen LogP contribution is -2.11. The van der Waals surface area contributed by atoms with Gasteiger partial charge in [-0.3, -0.25) is 0 Å². The van der Waals surface area contributed by atoms with E-state index >= 15 is 0 Å². The minimum absolute atomic E-state index is 0.301. The van der Waals surface area contributed by atoms with Gasteiger partial charge in [0.2, 0.25) is 0 Å². The van der Waals surface area contributed by atoms with Gasteiger partial charge in [0.25, 0.3) is 0 Å². The molecular formula is C12H16BrN. The fourth-order valence-electron chi connectivity index (χ4n) is 1.35. The van der Waals surface area contributed by atoms with Crippen molar-refractivity contribution in [1.29, 1.82) is 0 Å². The lowest BCUT2D eigenvalue weighted by Gasteiger charge is -2.13. The summed E-state index contributed by atoms with van der Waals surface area (Å²) in [5, 5.41) is 3.36. The lowest BCUT2D eigenvalue weighted by molar-refractivity contribution is 0.999. The van der Waals surface area contributed by atoms with Crippen LogP contribution in [0.5, 0.6) is 0 Å². The van der Waals surface area contributed by atoms with Crippen molar-refractivity contribution in [2.24, 2.45) is 0 Å². The molecule has 0 saturated heterocycles. The largest absolute Gasteiger partial charge is 0.379 e. The first-order valence-electron chi connectivity index (χ1n) is 4.70. The molecule has 0 saturated carbocycles. The Labute approximate surface area is 94.3 Å². The van der Waals surface area contributed by atoms with Crippen LogP contribution in [0.1, 0.15) is 18.1 Å². The van der Waals surface area contributed by atoms with Crippen molar-refractivity contribution < 1.29 is 0 Å². The van der Waals surface area contributed by atoms with E-state index in [9.17, 15) is 0 Å². The van der Waals surface area contributed by atoms with Gasteiger partial charge in [-0.2, -0.15) is 0 Å². The van der Waals surface area contributed by atoms with Gasteiger partial charge in [0.05, 0.1) is 0 Å². The zero-order valence-corrected chi connectivity index (χ0v) is 10.5. The van der Waals surface area contributed by atoms with Crippen molar-refractivity contribution in [3.8, 4) is 0 Å². The standard InChI is InChI=1S/C12H16BrN/c1-5-10(4)14-11-6-8(2)12(13)9(3)7-11/h5-7,10,14H,1H2,2-4H3. The topological polar surface area (TPSA) is 12.0 Å². The smallest absolute Gasteiger partial charge is 0.0413 e. The van der Waals surface area contributed by atoms with Crippen LogP contribution in [0, 0.1) is 13.8 Å². The molecule has 0 radical (unpaired) electrons. The molecule has 0 aromatic heterocycles. The van der Waals surface area contributed by atoms with Crippen molar-refractivity contribution in [2.45, 2.75) is 26.8 Å². The van der Waals surface area contributed by atoms with Gasteiger partial charge in [-0.15, -0.1) is 6.58 Å². The SMILES string of the molecule is C=CC(C)Nc1cc(C)c(Br)c(C)c1. The summed E-state index contributed by atoms with van der Waals surface area (Å²) in [5.41, 5.74) is 3.66. The van der Waals surface area contributed by atoms with E-state index < -0.39 is 0 Å². The second-order valence-corrected chi connectivity index (χ2v) is 4.39. The second kappa shape index (κ2) is 4.65.